The molecular weight excluding hydrogens is 286 g/mol. The minimum absolute atomic E-state index is 0.395. The van der Waals surface area contributed by atoms with Crippen molar-refractivity contribution >= 4 is 33.0 Å². The highest BCUT2D eigenvalue weighted by molar-refractivity contribution is 9.10. The van der Waals surface area contributed by atoms with Gasteiger partial charge in [0.05, 0.1) is 7.11 Å². The van der Waals surface area contributed by atoms with E-state index in [4.69, 9.17) is 9.15 Å². The van der Waals surface area contributed by atoms with Crippen molar-refractivity contribution in [3.63, 3.8) is 0 Å². The predicted octanol–water partition coefficient (Wildman–Crippen LogP) is 3.33. The SMILES string of the molecule is CCCc1nc2cc(Br)cc(C(=O)OC)c2o1. The molecule has 2 rings (SSSR count). The smallest absolute Gasteiger partial charge is 0.341 e. The molecule has 0 aliphatic carbocycles. The topological polar surface area (TPSA) is 52.3 Å². The molecule has 17 heavy (non-hydrogen) atoms. The van der Waals surface area contributed by atoms with Crippen LogP contribution in [-0.2, 0) is 11.2 Å². The number of aryl methyl sites for hydroxylation is 1. The van der Waals surface area contributed by atoms with Gasteiger partial charge in [-0.25, -0.2) is 9.78 Å². The number of nitrogens with zero attached hydrogens (tertiary/aromatic N) is 1. The minimum atomic E-state index is -0.421. The Labute approximate surface area is 107 Å². The number of methoxy groups -OCH3 is 1. The standard InChI is InChI=1S/C12H12BrNO3/c1-3-4-10-14-9-6-7(13)5-8(11(9)17-10)12(15)16-2/h5-6H,3-4H2,1-2H3. The third-order valence-electron chi connectivity index (χ3n) is 2.37. The molecule has 0 unspecified atom stereocenters. The lowest BCUT2D eigenvalue weighted by Gasteiger charge is -2.00. The summed E-state index contributed by atoms with van der Waals surface area (Å²) in [7, 11) is 1.35. The summed E-state index contributed by atoms with van der Waals surface area (Å²) < 4.78 is 11.1. The maximum Gasteiger partial charge on any atom is 0.341 e. The largest absolute Gasteiger partial charge is 0.465 e. The molecule has 0 aliphatic heterocycles. The summed E-state index contributed by atoms with van der Waals surface area (Å²) >= 11 is 3.34. The first-order valence-corrected chi connectivity index (χ1v) is 6.12. The Balaban J connectivity index is 2.61. The number of carbonyl (C=O) groups excluding carboxylic acids is 1. The molecule has 0 saturated carbocycles. The number of hydrogen-bond acceptors (Lipinski definition) is 4. The number of halogens is 1. The number of carbonyl (C=O) groups is 1. The fourth-order valence-corrected chi connectivity index (χ4v) is 2.07. The van der Waals surface area contributed by atoms with Crippen LogP contribution in [0.4, 0.5) is 0 Å². The maximum atomic E-state index is 11.6. The molecule has 90 valence electrons. The number of aromatic nitrogens is 1. The molecule has 0 radical (unpaired) electrons. The Morgan fingerprint density at radius 1 is 1.53 bits per heavy atom. The van der Waals surface area contributed by atoms with Gasteiger partial charge in [0.25, 0.3) is 0 Å². The Hall–Kier alpha value is -1.36. The van der Waals surface area contributed by atoms with E-state index in [0.29, 0.717) is 22.6 Å². The number of oxazole rings is 1. The van der Waals surface area contributed by atoms with Gasteiger partial charge >= 0.3 is 5.97 Å². The summed E-state index contributed by atoms with van der Waals surface area (Å²) in [4.78, 5) is 16.0. The van der Waals surface area contributed by atoms with Gasteiger partial charge in [-0.2, -0.15) is 0 Å². The van der Waals surface area contributed by atoms with Crippen molar-refractivity contribution in [3.05, 3.63) is 28.1 Å². The van der Waals surface area contributed by atoms with Gasteiger partial charge in [0, 0.05) is 10.9 Å². The molecule has 0 spiro atoms. The van der Waals surface area contributed by atoms with E-state index >= 15 is 0 Å². The van der Waals surface area contributed by atoms with E-state index in [-0.39, 0.29) is 0 Å². The van der Waals surface area contributed by atoms with Gasteiger partial charge in [-0.15, -0.1) is 0 Å². The van der Waals surface area contributed by atoms with Crippen LogP contribution in [0, 0.1) is 0 Å². The van der Waals surface area contributed by atoms with Crippen LogP contribution < -0.4 is 0 Å². The van der Waals surface area contributed by atoms with E-state index in [1.807, 2.05) is 13.0 Å². The molecule has 4 nitrogen and oxygen atoms in total. The molecular formula is C12H12BrNO3. The molecule has 1 aromatic heterocycles. The van der Waals surface area contributed by atoms with Gasteiger partial charge in [-0.05, 0) is 18.6 Å². The maximum absolute atomic E-state index is 11.6. The van der Waals surface area contributed by atoms with E-state index in [1.54, 1.807) is 6.07 Å². The first-order chi connectivity index (χ1) is 8.15. The summed E-state index contributed by atoms with van der Waals surface area (Å²) in [5.41, 5.74) is 1.55. The first-order valence-electron chi connectivity index (χ1n) is 5.33. The third-order valence-corrected chi connectivity index (χ3v) is 2.83. The Kier molecular flexibility index (Phi) is 3.47. The van der Waals surface area contributed by atoms with E-state index in [1.165, 1.54) is 7.11 Å². The molecule has 0 amide bonds. The van der Waals surface area contributed by atoms with Gasteiger partial charge < -0.3 is 9.15 Å². The average molecular weight is 298 g/mol. The van der Waals surface area contributed by atoms with E-state index in [9.17, 15) is 4.79 Å². The van der Waals surface area contributed by atoms with Crippen molar-refractivity contribution in [2.75, 3.05) is 7.11 Å². The Morgan fingerprint density at radius 3 is 2.94 bits per heavy atom. The van der Waals surface area contributed by atoms with Crippen LogP contribution in [0.1, 0.15) is 29.6 Å². The van der Waals surface area contributed by atoms with Crippen LogP contribution in [-0.4, -0.2) is 18.1 Å². The van der Waals surface area contributed by atoms with Crippen molar-refractivity contribution in [1.82, 2.24) is 4.98 Å². The quantitative estimate of drug-likeness (QED) is 0.816. The lowest BCUT2D eigenvalue weighted by molar-refractivity contribution is 0.0601. The van der Waals surface area contributed by atoms with E-state index in [0.717, 1.165) is 17.3 Å². The van der Waals surface area contributed by atoms with Crippen molar-refractivity contribution in [2.45, 2.75) is 19.8 Å². The molecule has 0 aliphatic rings. The van der Waals surface area contributed by atoms with Gasteiger partial charge in [0.1, 0.15) is 11.1 Å². The second kappa shape index (κ2) is 4.87. The highest BCUT2D eigenvalue weighted by atomic mass is 79.9. The zero-order chi connectivity index (χ0) is 12.4. The van der Waals surface area contributed by atoms with Crippen molar-refractivity contribution in [1.29, 1.82) is 0 Å². The first kappa shape index (κ1) is 12.1. The van der Waals surface area contributed by atoms with E-state index < -0.39 is 5.97 Å². The summed E-state index contributed by atoms with van der Waals surface area (Å²) in [6.45, 7) is 2.05. The number of fused-ring (bicyclic) bond motifs is 1. The molecule has 1 heterocycles. The number of rotatable bonds is 3. The molecule has 5 heteroatoms. The number of esters is 1. The van der Waals surface area contributed by atoms with Gasteiger partial charge in [0.2, 0.25) is 0 Å². The van der Waals surface area contributed by atoms with Crippen LogP contribution in [0.2, 0.25) is 0 Å². The highest BCUT2D eigenvalue weighted by Gasteiger charge is 2.17. The third kappa shape index (κ3) is 2.34. The molecule has 0 fully saturated rings. The van der Waals surface area contributed by atoms with Crippen LogP contribution in [0.3, 0.4) is 0 Å². The summed E-state index contributed by atoms with van der Waals surface area (Å²) in [6.07, 6.45) is 1.70. The zero-order valence-electron chi connectivity index (χ0n) is 9.62. The van der Waals surface area contributed by atoms with Crippen LogP contribution in [0.15, 0.2) is 21.0 Å². The molecule has 0 atom stereocenters. The lowest BCUT2D eigenvalue weighted by atomic mass is 10.2. The fraction of sp³-hybridized carbons (Fsp3) is 0.333. The van der Waals surface area contributed by atoms with Crippen LogP contribution >= 0.6 is 15.9 Å². The number of hydrogen-bond donors (Lipinski definition) is 0. The summed E-state index contributed by atoms with van der Waals surface area (Å²) in [5.74, 6) is 0.223. The second-order valence-electron chi connectivity index (χ2n) is 3.65. The monoisotopic (exact) mass is 297 g/mol. The molecule has 1 aromatic carbocycles. The molecule has 0 bridgehead atoms. The Morgan fingerprint density at radius 2 is 2.29 bits per heavy atom. The fourth-order valence-electron chi connectivity index (χ4n) is 1.63. The van der Waals surface area contributed by atoms with Gasteiger partial charge in [0.15, 0.2) is 11.5 Å². The van der Waals surface area contributed by atoms with Crippen molar-refractivity contribution < 1.29 is 13.9 Å². The predicted molar refractivity (Wildman–Crippen MR) is 67.0 cm³/mol. The van der Waals surface area contributed by atoms with Crippen molar-refractivity contribution in [3.8, 4) is 0 Å². The number of ether oxygens (including phenoxy) is 1. The zero-order valence-corrected chi connectivity index (χ0v) is 11.2. The van der Waals surface area contributed by atoms with Gasteiger partial charge in [-0.3, -0.25) is 0 Å². The van der Waals surface area contributed by atoms with Crippen LogP contribution in [0.25, 0.3) is 11.1 Å². The summed E-state index contributed by atoms with van der Waals surface area (Å²) in [5, 5.41) is 0. The molecule has 0 N–H and O–H groups in total. The highest BCUT2D eigenvalue weighted by Crippen LogP contribution is 2.26. The average Bonchev–Trinajstić information content (AvgIpc) is 2.69. The number of benzene rings is 1. The second-order valence-corrected chi connectivity index (χ2v) is 4.57. The normalized spacial score (nSPS) is 10.8. The van der Waals surface area contributed by atoms with Crippen molar-refractivity contribution in [2.24, 2.45) is 0 Å². The van der Waals surface area contributed by atoms with E-state index in [2.05, 4.69) is 20.9 Å². The minimum Gasteiger partial charge on any atom is -0.465 e. The molecule has 2 aromatic rings. The lowest BCUT2D eigenvalue weighted by Crippen LogP contribution is -2.01. The Bertz CT molecular complexity index is 562. The molecule has 0 saturated heterocycles. The summed E-state index contributed by atoms with van der Waals surface area (Å²) in [6, 6.07) is 3.50. The van der Waals surface area contributed by atoms with Gasteiger partial charge in [-0.1, -0.05) is 22.9 Å². The van der Waals surface area contributed by atoms with Crippen LogP contribution in [0.5, 0.6) is 0 Å².